The number of amides is 2. The summed E-state index contributed by atoms with van der Waals surface area (Å²) >= 11 is 0. The van der Waals surface area contributed by atoms with Gasteiger partial charge in [-0.2, -0.15) is 0 Å². The van der Waals surface area contributed by atoms with Crippen LogP contribution in [-0.2, 0) is 4.79 Å². The Balaban J connectivity index is 1.52. The lowest BCUT2D eigenvalue weighted by molar-refractivity contribution is -0.114. The number of carbonyl (C=O) groups excluding carboxylic acids is 2. The smallest absolute Gasteiger partial charge is 0.270 e. The van der Waals surface area contributed by atoms with Crippen molar-refractivity contribution in [2.75, 3.05) is 25.0 Å². The molecule has 1 unspecified atom stereocenters. The molecule has 0 spiro atoms. The van der Waals surface area contributed by atoms with E-state index in [9.17, 15) is 9.59 Å². The minimum Gasteiger partial charge on any atom is -0.460 e. The minimum atomic E-state index is -0.188. The molecule has 2 aromatic heterocycles. The monoisotopic (exact) mass is 328 g/mol. The average molecular weight is 328 g/mol. The number of piperidine rings is 1. The molecule has 2 amide bonds. The predicted molar refractivity (Wildman–Crippen MR) is 88.7 cm³/mol. The zero-order valence-corrected chi connectivity index (χ0v) is 13.5. The summed E-state index contributed by atoms with van der Waals surface area (Å²) in [7, 11) is 0. The van der Waals surface area contributed by atoms with Crippen LogP contribution in [-0.4, -0.2) is 47.4 Å². The molecule has 2 bridgehead atoms. The van der Waals surface area contributed by atoms with Gasteiger partial charge in [0.05, 0.1) is 11.9 Å². The number of nitrogens with zero attached hydrogens (tertiary/aromatic N) is 2. The maximum absolute atomic E-state index is 12.5. The highest BCUT2D eigenvalue weighted by Gasteiger charge is 2.33. The summed E-state index contributed by atoms with van der Waals surface area (Å²) in [5.41, 5.74) is 1.43. The Labute approximate surface area is 139 Å². The molecule has 3 atom stereocenters. The first-order valence-electron chi connectivity index (χ1n) is 8.26. The van der Waals surface area contributed by atoms with Crippen molar-refractivity contribution >= 4 is 28.5 Å². The van der Waals surface area contributed by atoms with Gasteiger partial charge in [0.15, 0.2) is 5.58 Å². The van der Waals surface area contributed by atoms with Gasteiger partial charge in [0, 0.05) is 31.4 Å². The average Bonchev–Trinajstić information content (AvgIpc) is 3.09. The van der Waals surface area contributed by atoms with Crippen LogP contribution in [0.4, 0.5) is 5.69 Å². The lowest BCUT2D eigenvalue weighted by Crippen LogP contribution is -2.47. The highest BCUT2D eigenvalue weighted by molar-refractivity contribution is 6.02. The number of hydrogen-bond acceptors (Lipinski definition) is 5. The molecule has 0 aromatic carbocycles. The van der Waals surface area contributed by atoms with Gasteiger partial charge in [0.2, 0.25) is 5.91 Å². The van der Waals surface area contributed by atoms with E-state index >= 15 is 0 Å². The molecule has 2 aliphatic rings. The van der Waals surface area contributed by atoms with E-state index in [1.54, 1.807) is 6.07 Å². The van der Waals surface area contributed by atoms with Crippen molar-refractivity contribution in [1.29, 1.82) is 0 Å². The number of aromatic nitrogens is 1. The lowest BCUT2D eigenvalue weighted by Gasteiger charge is -2.30. The number of rotatable bonds is 3. The first-order chi connectivity index (χ1) is 11.6. The van der Waals surface area contributed by atoms with E-state index in [0.29, 0.717) is 28.3 Å². The number of hydrogen-bond donors (Lipinski definition) is 2. The van der Waals surface area contributed by atoms with Crippen molar-refractivity contribution < 1.29 is 14.0 Å². The molecule has 126 valence electrons. The fourth-order valence-electron chi connectivity index (χ4n) is 3.77. The van der Waals surface area contributed by atoms with Gasteiger partial charge in [-0.1, -0.05) is 0 Å². The van der Waals surface area contributed by atoms with Crippen molar-refractivity contribution in [2.45, 2.75) is 25.8 Å². The van der Waals surface area contributed by atoms with Crippen LogP contribution in [0.1, 0.15) is 30.3 Å². The van der Waals surface area contributed by atoms with Crippen molar-refractivity contribution in [3.05, 3.63) is 24.2 Å². The molecule has 2 aliphatic heterocycles. The van der Waals surface area contributed by atoms with Crippen molar-refractivity contribution in [3.8, 4) is 0 Å². The largest absolute Gasteiger partial charge is 0.460 e. The van der Waals surface area contributed by atoms with Crippen LogP contribution >= 0.6 is 0 Å². The molecule has 7 heteroatoms. The second kappa shape index (κ2) is 5.90. The van der Waals surface area contributed by atoms with Crippen LogP contribution in [0.25, 0.3) is 11.0 Å². The van der Waals surface area contributed by atoms with E-state index in [2.05, 4.69) is 20.5 Å². The predicted octanol–water partition coefficient (Wildman–Crippen LogP) is 1.61. The summed E-state index contributed by atoms with van der Waals surface area (Å²) < 4.78 is 5.36. The Hall–Kier alpha value is -2.41. The fourth-order valence-corrected chi connectivity index (χ4v) is 3.77. The summed E-state index contributed by atoms with van der Waals surface area (Å²) in [6.07, 6.45) is 5.24. The van der Waals surface area contributed by atoms with Gasteiger partial charge in [-0.05, 0) is 31.4 Å². The van der Waals surface area contributed by atoms with Gasteiger partial charge in [0.25, 0.3) is 5.91 Å². The Morgan fingerprint density at radius 2 is 2.25 bits per heavy atom. The van der Waals surface area contributed by atoms with Crippen molar-refractivity contribution in [2.24, 2.45) is 5.92 Å². The first-order valence-corrected chi connectivity index (χ1v) is 8.26. The van der Waals surface area contributed by atoms with Gasteiger partial charge in [-0.25, -0.2) is 4.98 Å². The molecule has 2 fully saturated rings. The van der Waals surface area contributed by atoms with Crippen LogP contribution in [0.2, 0.25) is 0 Å². The maximum Gasteiger partial charge on any atom is 0.270 e. The Morgan fingerprint density at radius 3 is 3.04 bits per heavy atom. The topological polar surface area (TPSA) is 87.5 Å². The third kappa shape index (κ3) is 2.87. The second-order valence-corrected chi connectivity index (χ2v) is 6.72. The molecule has 2 N–H and O–H groups in total. The van der Waals surface area contributed by atoms with E-state index in [1.807, 2.05) is 0 Å². The number of carbonyl (C=O) groups is 2. The molecule has 7 nitrogen and oxygen atoms in total. The van der Waals surface area contributed by atoms with Crippen LogP contribution in [0.15, 0.2) is 22.9 Å². The Kier molecular flexibility index (Phi) is 3.72. The lowest BCUT2D eigenvalue weighted by atomic mass is 9.97. The van der Waals surface area contributed by atoms with Crippen molar-refractivity contribution in [3.63, 3.8) is 0 Å². The third-order valence-electron chi connectivity index (χ3n) is 4.81. The van der Waals surface area contributed by atoms with Crippen molar-refractivity contribution in [1.82, 2.24) is 15.2 Å². The van der Waals surface area contributed by atoms with Crippen LogP contribution in [0.3, 0.4) is 0 Å². The Bertz CT molecular complexity index is 788. The number of anilines is 1. The minimum absolute atomic E-state index is 0.176. The Morgan fingerprint density at radius 1 is 1.38 bits per heavy atom. The third-order valence-corrected chi connectivity index (χ3v) is 4.81. The second-order valence-electron chi connectivity index (χ2n) is 6.72. The van der Waals surface area contributed by atoms with Gasteiger partial charge >= 0.3 is 0 Å². The molecule has 2 aromatic rings. The van der Waals surface area contributed by atoms with E-state index in [0.717, 1.165) is 26.1 Å². The normalized spacial score (nSPS) is 25.6. The van der Waals surface area contributed by atoms with E-state index < -0.39 is 0 Å². The van der Waals surface area contributed by atoms with Crippen LogP contribution < -0.4 is 10.6 Å². The summed E-state index contributed by atoms with van der Waals surface area (Å²) in [5, 5.41) is 6.47. The molecular formula is C17H20N4O3. The summed E-state index contributed by atoms with van der Waals surface area (Å²) in [4.78, 5) is 30.4. The number of nitrogens with one attached hydrogen (secondary N) is 2. The molecule has 0 radical (unpaired) electrons. The first kappa shape index (κ1) is 15.1. The summed E-state index contributed by atoms with van der Waals surface area (Å²) in [6.45, 7) is 4.63. The van der Waals surface area contributed by atoms with Gasteiger partial charge in [-0.3, -0.25) is 9.59 Å². The number of fused-ring (bicyclic) bond motifs is 3. The summed E-state index contributed by atoms with van der Waals surface area (Å²) in [5.74, 6) is 0.325. The number of pyridine rings is 1. The quantitative estimate of drug-likeness (QED) is 0.894. The molecule has 0 aliphatic carbocycles. The van der Waals surface area contributed by atoms with E-state index in [-0.39, 0.29) is 17.9 Å². The zero-order chi connectivity index (χ0) is 16.7. The SMILES string of the molecule is CC(=O)Nc1coc2cnc(C(=O)N[C@@H]3C[C@@H]4CCN(C4)C3)cc12. The summed E-state index contributed by atoms with van der Waals surface area (Å²) in [6, 6.07) is 1.84. The molecule has 2 saturated heterocycles. The van der Waals surface area contributed by atoms with Crippen LogP contribution in [0, 0.1) is 5.92 Å². The number of furan rings is 1. The van der Waals surface area contributed by atoms with E-state index in [1.165, 1.54) is 25.8 Å². The molecule has 4 heterocycles. The molecule has 4 rings (SSSR count). The highest BCUT2D eigenvalue weighted by Crippen LogP contribution is 2.28. The van der Waals surface area contributed by atoms with Gasteiger partial charge in [-0.15, -0.1) is 0 Å². The fraction of sp³-hybridized carbons (Fsp3) is 0.471. The van der Waals surface area contributed by atoms with Gasteiger partial charge in [0.1, 0.15) is 12.0 Å². The standard InChI is InChI=1S/C17H20N4O3/c1-10(22)19-15-9-24-16-6-18-14(5-13(15)16)17(23)20-12-4-11-2-3-21(7-11)8-12/h5-6,9,11-12H,2-4,7-8H2,1H3,(H,19,22)(H,20,23)/t11-,12+/m0/s1. The van der Waals surface area contributed by atoms with Crippen LogP contribution in [0.5, 0.6) is 0 Å². The molecular weight excluding hydrogens is 308 g/mol. The highest BCUT2D eigenvalue weighted by atomic mass is 16.3. The molecule has 0 saturated carbocycles. The maximum atomic E-state index is 12.5. The molecule has 24 heavy (non-hydrogen) atoms. The van der Waals surface area contributed by atoms with Gasteiger partial charge < -0.3 is 20.0 Å². The van der Waals surface area contributed by atoms with E-state index in [4.69, 9.17) is 4.42 Å². The zero-order valence-electron chi connectivity index (χ0n) is 13.5.